The van der Waals surface area contributed by atoms with Gasteiger partial charge in [0, 0.05) is 25.4 Å². The molecular formula is C19H16I2O4. The molecule has 3 rings (SSSR count). The van der Waals surface area contributed by atoms with Gasteiger partial charge < -0.3 is 10.2 Å². The quantitative estimate of drug-likeness (QED) is 0.492. The fraction of sp³-hybridized carbons (Fsp3) is 0.263. The molecule has 0 radical (unpaired) electrons. The average molecular weight is 562 g/mol. The number of carbonyl (C=O) groups is 2. The van der Waals surface area contributed by atoms with Crippen molar-refractivity contribution in [1.29, 1.82) is 0 Å². The lowest BCUT2D eigenvalue weighted by Crippen LogP contribution is -2.27. The Balaban J connectivity index is 2.23. The van der Waals surface area contributed by atoms with E-state index >= 15 is 0 Å². The number of hydrogen-bond donors (Lipinski definition) is 2. The first kappa shape index (κ1) is 18.6. The Morgan fingerprint density at radius 3 is 1.56 bits per heavy atom. The molecule has 4 nitrogen and oxygen atoms in total. The zero-order valence-electron chi connectivity index (χ0n) is 13.3. The number of rotatable bonds is 6. The minimum absolute atomic E-state index is 0.00937. The lowest BCUT2D eigenvalue weighted by atomic mass is 9.71. The van der Waals surface area contributed by atoms with Crippen LogP contribution in [0.5, 0.6) is 0 Å². The van der Waals surface area contributed by atoms with Crippen LogP contribution in [-0.2, 0) is 15.0 Å². The SMILES string of the molecule is O=C(O)CCC1(CCC(=O)O)c2cc(I)ccc2-c2ccc(I)cc21. The summed E-state index contributed by atoms with van der Waals surface area (Å²) >= 11 is 4.49. The second-order valence-corrected chi connectivity index (χ2v) is 8.74. The predicted molar refractivity (Wildman–Crippen MR) is 112 cm³/mol. The van der Waals surface area contributed by atoms with Gasteiger partial charge in [-0.05, 0) is 105 Å². The van der Waals surface area contributed by atoms with Gasteiger partial charge in [0.15, 0.2) is 0 Å². The Bertz CT molecular complexity index is 789. The summed E-state index contributed by atoms with van der Waals surface area (Å²) in [6.07, 6.45) is 0.816. The van der Waals surface area contributed by atoms with E-state index in [1.165, 1.54) is 0 Å². The Hall–Kier alpha value is -1.16. The van der Waals surface area contributed by atoms with Crippen molar-refractivity contribution < 1.29 is 19.8 Å². The molecule has 1 aliphatic carbocycles. The molecule has 0 amide bonds. The van der Waals surface area contributed by atoms with Gasteiger partial charge >= 0.3 is 11.9 Å². The van der Waals surface area contributed by atoms with Crippen LogP contribution in [0.3, 0.4) is 0 Å². The first-order valence-corrected chi connectivity index (χ1v) is 10.0. The molecule has 2 N–H and O–H groups in total. The predicted octanol–water partition coefficient (Wildman–Crippen LogP) is 4.89. The summed E-state index contributed by atoms with van der Waals surface area (Å²) in [5.74, 6) is -1.72. The van der Waals surface area contributed by atoms with Gasteiger partial charge in [0.2, 0.25) is 0 Å². The van der Waals surface area contributed by atoms with Gasteiger partial charge in [-0.1, -0.05) is 12.1 Å². The number of carboxylic acids is 2. The molecule has 0 saturated heterocycles. The molecule has 2 aromatic carbocycles. The van der Waals surface area contributed by atoms with Crippen molar-refractivity contribution >= 4 is 57.1 Å². The summed E-state index contributed by atoms with van der Waals surface area (Å²) in [5.41, 5.74) is 3.71. The number of benzene rings is 2. The molecule has 6 heteroatoms. The minimum atomic E-state index is -0.860. The van der Waals surface area contributed by atoms with Crippen LogP contribution in [0.15, 0.2) is 36.4 Å². The molecule has 130 valence electrons. The Labute approximate surface area is 172 Å². The van der Waals surface area contributed by atoms with Crippen LogP contribution in [0.2, 0.25) is 0 Å². The third kappa shape index (κ3) is 3.55. The van der Waals surface area contributed by atoms with Crippen LogP contribution in [0.4, 0.5) is 0 Å². The topological polar surface area (TPSA) is 74.6 Å². The molecule has 2 aromatic rings. The monoisotopic (exact) mass is 562 g/mol. The molecule has 1 aliphatic rings. The van der Waals surface area contributed by atoms with Crippen molar-refractivity contribution in [1.82, 2.24) is 0 Å². The van der Waals surface area contributed by atoms with E-state index in [9.17, 15) is 19.8 Å². The highest BCUT2D eigenvalue weighted by atomic mass is 127. The Kier molecular flexibility index (Phi) is 5.38. The van der Waals surface area contributed by atoms with E-state index in [-0.39, 0.29) is 12.8 Å². The highest BCUT2D eigenvalue weighted by molar-refractivity contribution is 14.1. The van der Waals surface area contributed by atoms with E-state index in [0.29, 0.717) is 12.8 Å². The summed E-state index contributed by atoms with van der Waals surface area (Å²) in [7, 11) is 0. The van der Waals surface area contributed by atoms with Gasteiger partial charge in [-0.15, -0.1) is 0 Å². The number of carboxylic acid groups (broad SMARTS) is 2. The highest BCUT2D eigenvalue weighted by Gasteiger charge is 2.43. The molecule has 0 bridgehead atoms. The fourth-order valence-corrected chi connectivity index (χ4v) is 4.73. The molecule has 0 spiro atoms. The highest BCUT2D eigenvalue weighted by Crippen LogP contribution is 2.54. The maximum Gasteiger partial charge on any atom is 0.303 e. The van der Waals surface area contributed by atoms with Crippen LogP contribution < -0.4 is 0 Å². The van der Waals surface area contributed by atoms with E-state index in [4.69, 9.17) is 0 Å². The van der Waals surface area contributed by atoms with E-state index in [2.05, 4.69) is 69.4 Å². The maximum atomic E-state index is 11.3. The van der Waals surface area contributed by atoms with E-state index in [1.807, 2.05) is 12.1 Å². The molecule has 0 heterocycles. The smallest absolute Gasteiger partial charge is 0.303 e. The second-order valence-electron chi connectivity index (χ2n) is 6.25. The van der Waals surface area contributed by atoms with Crippen molar-refractivity contribution in [3.8, 4) is 11.1 Å². The number of halogens is 2. The average Bonchev–Trinajstić information content (AvgIpc) is 2.80. The zero-order valence-corrected chi connectivity index (χ0v) is 17.6. The van der Waals surface area contributed by atoms with E-state index in [0.717, 1.165) is 29.4 Å². The molecule has 0 fully saturated rings. The molecule has 25 heavy (non-hydrogen) atoms. The van der Waals surface area contributed by atoms with Gasteiger partial charge in [-0.3, -0.25) is 9.59 Å². The van der Waals surface area contributed by atoms with Crippen LogP contribution in [-0.4, -0.2) is 22.2 Å². The first-order chi connectivity index (χ1) is 11.8. The second kappa shape index (κ2) is 7.22. The number of hydrogen-bond acceptors (Lipinski definition) is 2. The van der Waals surface area contributed by atoms with Gasteiger partial charge in [0.25, 0.3) is 0 Å². The lowest BCUT2D eigenvalue weighted by molar-refractivity contribution is -0.137. The third-order valence-electron chi connectivity index (χ3n) is 4.82. The zero-order chi connectivity index (χ0) is 18.2. The van der Waals surface area contributed by atoms with Crippen LogP contribution in [0.1, 0.15) is 36.8 Å². The van der Waals surface area contributed by atoms with Gasteiger partial charge in [0.1, 0.15) is 0 Å². The van der Waals surface area contributed by atoms with Gasteiger partial charge in [-0.2, -0.15) is 0 Å². The van der Waals surface area contributed by atoms with Crippen LogP contribution in [0.25, 0.3) is 11.1 Å². The van der Waals surface area contributed by atoms with Crippen molar-refractivity contribution in [3.05, 3.63) is 54.7 Å². The van der Waals surface area contributed by atoms with Crippen LogP contribution >= 0.6 is 45.2 Å². The summed E-state index contributed by atoms with van der Waals surface area (Å²) in [6.45, 7) is 0. The van der Waals surface area contributed by atoms with Crippen molar-refractivity contribution in [3.63, 3.8) is 0 Å². The fourth-order valence-electron chi connectivity index (χ4n) is 3.74. The molecule has 0 atom stereocenters. The van der Waals surface area contributed by atoms with E-state index < -0.39 is 17.4 Å². The summed E-state index contributed by atoms with van der Waals surface area (Å²) in [4.78, 5) is 22.5. The molecule has 0 aromatic heterocycles. The maximum absolute atomic E-state index is 11.3. The van der Waals surface area contributed by atoms with Crippen molar-refractivity contribution in [2.75, 3.05) is 0 Å². The minimum Gasteiger partial charge on any atom is -0.481 e. The summed E-state index contributed by atoms with van der Waals surface area (Å²) in [5, 5.41) is 18.5. The molecule has 0 unspecified atom stereocenters. The summed E-state index contributed by atoms with van der Waals surface area (Å²) < 4.78 is 2.13. The van der Waals surface area contributed by atoms with Gasteiger partial charge in [-0.25, -0.2) is 0 Å². The molecular weight excluding hydrogens is 546 g/mol. The van der Waals surface area contributed by atoms with E-state index in [1.54, 1.807) is 0 Å². The Morgan fingerprint density at radius 1 is 0.800 bits per heavy atom. The summed E-state index contributed by atoms with van der Waals surface area (Å²) in [6, 6.07) is 12.3. The number of aliphatic carboxylic acids is 2. The van der Waals surface area contributed by atoms with Crippen molar-refractivity contribution in [2.45, 2.75) is 31.1 Å². The van der Waals surface area contributed by atoms with Crippen molar-refractivity contribution in [2.24, 2.45) is 0 Å². The lowest BCUT2D eigenvalue weighted by Gasteiger charge is -2.31. The van der Waals surface area contributed by atoms with Gasteiger partial charge in [0.05, 0.1) is 0 Å². The normalized spacial score (nSPS) is 14.0. The molecule has 0 saturated carbocycles. The standard InChI is InChI=1S/C19H16I2O4/c20-11-1-3-13-14-4-2-12(21)10-16(14)19(15(13)9-11,7-5-17(22)23)8-6-18(24)25/h1-4,9-10H,5-8H2,(H,22,23)(H,24,25). The number of fused-ring (bicyclic) bond motifs is 3. The van der Waals surface area contributed by atoms with Crippen LogP contribution in [0, 0.1) is 7.14 Å². The third-order valence-corrected chi connectivity index (χ3v) is 6.16. The Morgan fingerprint density at radius 2 is 1.20 bits per heavy atom. The molecule has 0 aliphatic heterocycles. The first-order valence-electron chi connectivity index (χ1n) is 7.87. The largest absolute Gasteiger partial charge is 0.481 e.